The Balaban J connectivity index is 2.32. The Morgan fingerprint density at radius 3 is 2.94 bits per heavy atom. The van der Waals surface area contributed by atoms with Gasteiger partial charge < -0.3 is 10.1 Å². The summed E-state index contributed by atoms with van der Waals surface area (Å²) < 4.78 is 5.79. The Morgan fingerprint density at radius 1 is 1.50 bits per heavy atom. The molecule has 1 fully saturated rings. The number of nitrogens with zero attached hydrogens (tertiary/aromatic N) is 1. The third-order valence-electron chi connectivity index (χ3n) is 3.47. The fraction of sp³-hybridized carbons (Fsp3) is 0.643. The molecule has 18 heavy (non-hydrogen) atoms. The third kappa shape index (κ3) is 3.02. The van der Waals surface area contributed by atoms with E-state index in [1.807, 2.05) is 13.0 Å². The first-order valence-electron chi connectivity index (χ1n) is 6.74. The largest absolute Gasteiger partial charge is 0.372 e. The highest BCUT2D eigenvalue weighted by Gasteiger charge is 2.24. The van der Waals surface area contributed by atoms with Gasteiger partial charge in [0.05, 0.1) is 11.8 Å². The first kappa shape index (κ1) is 13.8. The Bertz CT molecular complexity index is 391. The van der Waals surface area contributed by atoms with Crippen LogP contribution in [0.25, 0.3) is 0 Å². The second-order valence-corrected chi connectivity index (χ2v) is 5.04. The normalized spacial score (nSPS) is 21.2. The zero-order valence-corrected chi connectivity index (χ0v) is 11.8. The monoisotopic (exact) mass is 268 g/mol. The molecule has 2 atom stereocenters. The van der Waals surface area contributed by atoms with E-state index in [0.717, 1.165) is 25.2 Å². The van der Waals surface area contributed by atoms with Crippen LogP contribution in [0.15, 0.2) is 12.1 Å². The Labute approximate surface area is 114 Å². The summed E-state index contributed by atoms with van der Waals surface area (Å²) in [4.78, 5) is 4.52. The van der Waals surface area contributed by atoms with Gasteiger partial charge in [-0.1, -0.05) is 24.6 Å². The molecule has 0 radical (unpaired) electrons. The zero-order valence-electron chi connectivity index (χ0n) is 11.1. The molecular weight excluding hydrogens is 248 g/mol. The van der Waals surface area contributed by atoms with Crippen molar-refractivity contribution in [2.24, 2.45) is 0 Å². The molecule has 1 aromatic heterocycles. The topological polar surface area (TPSA) is 34.1 Å². The molecule has 2 heterocycles. The number of aromatic nitrogens is 1. The summed E-state index contributed by atoms with van der Waals surface area (Å²) in [5, 5.41) is 3.95. The third-order valence-corrected chi connectivity index (χ3v) is 3.68. The zero-order chi connectivity index (χ0) is 13.0. The minimum Gasteiger partial charge on any atom is -0.372 e. The highest BCUT2D eigenvalue weighted by molar-refractivity contribution is 6.29. The molecule has 2 rings (SSSR count). The van der Waals surface area contributed by atoms with Crippen molar-refractivity contribution >= 4 is 11.6 Å². The number of pyridine rings is 1. The van der Waals surface area contributed by atoms with Gasteiger partial charge in [0, 0.05) is 13.2 Å². The van der Waals surface area contributed by atoms with E-state index in [9.17, 15) is 0 Å². The summed E-state index contributed by atoms with van der Waals surface area (Å²) in [6, 6.07) is 4.00. The summed E-state index contributed by atoms with van der Waals surface area (Å²) in [7, 11) is 0. The maximum absolute atomic E-state index is 6.04. The Hall–Kier alpha value is -0.640. The molecule has 0 saturated carbocycles. The van der Waals surface area contributed by atoms with Crippen LogP contribution < -0.4 is 5.32 Å². The van der Waals surface area contributed by atoms with Crippen molar-refractivity contribution in [3.63, 3.8) is 0 Å². The van der Waals surface area contributed by atoms with E-state index in [1.54, 1.807) is 0 Å². The van der Waals surface area contributed by atoms with Gasteiger partial charge in [-0.15, -0.1) is 0 Å². The van der Waals surface area contributed by atoms with E-state index in [1.165, 1.54) is 12.0 Å². The number of hydrogen-bond acceptors (Lipinski definition) is 3. The van der Waals surface area contributed by atoms with Crippen LogP contribution >= 0.6 is 11.6 Å². The quantitative estimate of drug-likeness (QED) is 0.832. The van der Waals surface area contributed by atoms with Crippen LogP contribution in [-0.4, -0.2) is 24.7 Å². The predicted molar refractivity (Wildman–Crippen MR) is 74.1 cm³/mol. The van der Waals surface area contributed by atoms with Gasteiger partial charge in [-0.05, 0) is 43.9 Å². The standard InChI is InChI=1S/C14H21ClN2O/c1-3-12(18-4-2)14-11(5-6-13(15)17-14)10-7-8-16-9-10/h5-6,10,12,16H,3-4,7-9H2,1-2H3/t10-,12?/m0/s1. The molecule has 1 aliphatic rings. The molecule has 4 heteroatoms. The SMILES string of the molecule is CCOC(CC)c1nc(Cl)ccc1[C@H]1CCNC1. The van der Waals surface area contributed by atoms with E-state index < -0.39 is 0 Å². The molecular formula is C14H21ClN2O. The molecule has 100 valence electrons. The van der Waals surface area contributed by atoms with Crippen molar-refractivity contribution < 1.29 is 4.74 Å². The van der Waals surface area contributed by atoms with Crippen LogP contribution in [0.4, 0.5) is 0 Å². The predicted octanol–water partition coefficient (Wildman–Crippen LogP) is 3.30. The molecule has 1 N–H and O–H groups in total. The van der Waals surface area contributed by atoms with Crippen molar-refractivity contribution in [2.45, 2.75) is 38.7 Å². The molecule has 1 aliphatic heterocycles. The Morgan fingerprint density at radius 2 is 2.33 bits per heavy atom. The highest BCUT2D eigenvalue weighted by atomic mass is 35.5. The van der Waals surface area contributed by atoms with Crippen LogP contribution in [-0.2, 0) is 4.74 Å². The lowest BCUT2D eigenvalue weighted by Crippen LogP contribution is -2.14. The van der Waals surface area contributed by atoms with Crippen molar-refractivity contribution in [2.75, 3.05) is 19.7 Å². The van der Waals surface area contributed by atoms with Crippen molar-refractivity contribution in [1.29, 1.82) is 0 Å². The average molecular weight is 269 g/mol. The second-order valence-electron chi connectivity index (χ2n) is 4.65. The lowest BCUT2D eigenvalue weighted by atomic mass is 9.94. The van der Waals surface area contributed by atoms with E-state index in [4.69, 9.17) is 16.3 Å². The maximum atomic E-state index is 6.04. The average Bonchev–Trinajstić information content (AvgIpc) is 2.89. The van der Waals surface area contributed by atoms with Crippen LogP contribution in [0.3, 0.4) is 0 Å². The summed E-state index contributed by atoms with van der Waals surface area (Å²) in [5.74, 6) is 0.541. The highest BCUT2D eigenvalue weighted by Crippen LogP contribution is 2.32. The molecule has 0 amide bonds. The van der Waals surface area contributed by atoms with Gasteiger partial charge in [-0.2, -0.15) is 0 Å². The summed E-state index contributed by atoms with van der Waals surface area (Å²) in [5.41, 5.74) is 2.32. The van der Waals surface area contributed by atoms with Crippen molar-refractivity contribution in [1.82, 2.24) is 10.3 Å². The Kier molecular flexibility index (Phi) is 4.98. The number of halogens is 1. The van der Waals surface area contributed by atoms with E-state index >= 15 is 0 Å². The van der Waals surface area contributed by atoms with Crippen molar-refractivity contribution in [3.8, 4) is 0 Å². The van der Waals surface area contributed by atoms with Crippen LogP contribution in [0.1, 0.15) is 50.0 Å². The van der Waals surface area contributed by atoms with Gasteiger partial charge >= 0.3 is 0 Å². The molecule has 3 nitrogen and oxygen atoms in total. The van der Waals surface area contributed by atoms with E-state index in [0.29, 0.717) is 17.7 Å². The van der Waals surface area contributed by atoms with E-state index in [2.05, 4.69) is 23.3 Å². The van der Waals surface area contributed by atoms with E-state index in [-0.39, 0.29) is 6.10 Å². The first-order valence-corrected chi connectivity index (χ1v) is 7.12. The number of hydrogen-bond donors (Lipinski definition) is 1. The molecule has 0 bridgehead atoms. The van der Waals surface area contributed by atoms with Crippen LogP contribution in [0.2, 0.25) is 5.15 Å². The molecule has 1 aromatic rings. The molecule has 1 saturated heterocycles. The summed E-state index contributed by atoms with van der Waals surface area (Å²) in [6.45, 7) is 6.95. The number of ether oxygens (including phenoxy) is 1. The smallest absolute Gasteiger partial charge is 0.129 e. The van der Waals surface area contributed by atoms with Crippen molar-refractivity contribution in [3.05, 3.63) is 28.5 Å². The molecule has 0 aromatic carbocycles. The first-order chi connectivity index (χ1) is 8.76. The van der Waals surface area contributed by atoms with Gasteiger partial charge in [0.2, 0.25) is 0 Å². The lowest BCUT2D eigenvalue weighted by molar-refractivity contribution is 0.0559. The minimum absolute atomic E-state index is 0.0595. The van der Waals surface area contributed by atoms with Gasteiger partial charge in [-0.3, -0.25) is 0 Å². The second kappa shape index (κ2) is 6.50. The fourth-order valence-electron chi connectivity index (χ4n) is 2.58. The summed E-state index contributed by atoms with van der Waals surface area (Å²) in [6.07, 6.45) is 2.15. The van der Waals surface area contributed by atoms with Gasteiger partial charge in [0.15, 0.2) is 0 Å². The van der Waals surface area contributed by atoms with Gasteiger partial charge in [0.1, 0.15) is 5.15 Å². The maximum Gasteiger partial charge on any atom is 0.129 e. The fourth-order valence-corrected chi connectivity index (χ4v) is 2.73. The lowest BCUT2D eigenvalue weighted by Gasteiger charge is -2.21. The van der Waals surface area contributed by atoms with Gasteiger partial charge in [-0.25, -0.2) is 4.98 Å². The minimum atomic E-state index is 0.0595. The number of rotatable bonds is 5. The molecule has 1 unspecified atom stereocenters. The molecule has 0 aliphatic carbocycles. The number of nitrogens with one attached hydrogen (secondary N) is 1. The van der Waals surface area contributed by atoms with Gasteiger partial charge in [0.25, 0.3) is 0 Å². The van der Waals surface area contributed by atoms with Crippen LogP contribution in [0.5, 0.6) is 0 Å². The molecule has 0 spiro atoms. The van der Waals surface area contributed by atoms with Crippen LogP contribution in [0, 0.1) is 0 Å². The summed E-state index contributed by atoms with van der Waals surface area (Å²) >= 11 is 6.04.